The van der Waals surface area contributed by atoms with Gasteiger partial charge in [0.25, 0.3) is 0 Å². The number of amides is 1. The van der Waals surface area contributed by atoms with Crippen molar-refractivity contribution in [3.8, 4) is 0 Å². The standard InChI is InChI=1S/C11H10BrN7O/c1-18-6-13-8(17-18)4-10(20)14-11-16-15-9-3-2-7(12)5-19(9)11/h2-3,5-6H,4H2,1H3,(H,14,16,20). The van der Waals surface area contributed by atoms with Gasteiger partial charge in [0.15, 0.2) is 11.5 Å². The molecule has 3 aromatic rings. The molecule has 20 heavy (non-hydrogen) atoms. The van der Waals surface area contributed by atoms with E-state index in [0.717, 1.165) is 4.47 Å². The molecule has 0 atom stereocenters. The second-order valence-corrected chi connectivity index (χ2v) is 5.07. The molecule has 9 heteroatoms. The van der Waals surface area contributed by atoms with Crippen LogP contribution in [0.5, 0.6) is 0 Å². The van der Waals surface area contributed by atoms with Gasteiger partial charge < -0.3 is 0 Å². The van der Waals surface area contributed by atoms with Crippen LogP contribution in [0.15, 0.2) is 29.1 Å². The van der Waals surface area contributed by atoms with Crippen LogP contribution in [0.4, 0.5) is 5.95 Å². The monoisotopic (exact) mass is 335 g/mol. The number of nitrogens with zero attached hydrogens (tertiary/aromatic N) is 6. The molecule has 0 fully saturated rings. The van der Waals surface area contributed by atoms with Crippen molar-refractivity contribution >= 4 is 33.4 Å². The minimum Gasteiger partial charge on any atom is -0.294 e. The first kappa shape index (κ1) is 12.7. The molecule has 3 heterocycles. The lowest BCUT2D eigenvalue weighted by Gasteiger charge is -2.02. The molecule has 3 rings (SSSR count). The van der Waals surface area contributed by atoms with Crippen molar-refractivity contribution in [3.05, 3.63) is 35.0 Å². The Labute approximate surface area is 122 Å². The normalized spacial score (nSPS) is 10.9. The summed E-state index contributed by atoms with van der Waals surface area (Å²) in [6, 6.07) is 3.65. The number of fused-ring (bicyclic) bond motifs is 1. The molecular formula is C11H10BrN7O. The fraction of sp³-hybridized carbons (Fsp3) is 0.182. The minimum absolute atomic E-state index is 0.0871. The van der Waals surface area contributed by atoms with Gasteiger partial charge in [-0.05, 0) is 28.1 Å². The largest absolute Gasteiger partial charge is 0.294 e. The fourth-order valence-electron chi connectivity index (χ4n) is 1.73. The van der Waals surface area contributed by atoms with Crippen LogP contribution >= 0.6 is 15.9 Å². The van der Waals surface area contributed by atoms with Crippen LogP contribution in [0.1, 0.15) is 5.82 Å². The average molecular weight is 336 g/mol. The molecule has 0 radical (unpaired) electrons. The van der Waals surface area contributed by atoms with Gasteiger partial charge in [-0.15, -0.1) is 10.2 Å². The van der Waals surface area contributed by atoms with Crippen molar-refractivity contribution in [3.63, 3.8) is 0 Å². The predicted octanol–water partition coefficient (Wildman–Crippen LogP) is 0.801. The summed E-state index contributed by atoms with van der Waals surface area (Å²) in [5.41, 5.74) is 0.652. The fourth-order valence-corrected chi connectivity index (χ4v) is 2.06. The van der Waals surface area contributed by atoms with Crippen molar-refractivity contribution in [1.29, 1.82) is 0 Å². The molecule has 102 valence electrons. The maximum atomic E-state index is 11.9. The second kappa shape index (κ2) is 5.00. The molecule has 0 aliphatic heterocycles. The van der Waals surface area contributed by atoms with Crippen LogP contribution in [-0.2, 0) is 18.3 Å². The van der Waals surface area contributed by atoms with Crippen molar-refractivity contribution < 1.29 is 4.79 Å². The zero-order valence-corrected chi connectivity index (χ0v) is 12.1. The number of carbonyl (C=O) groups excluding carboxylic acids is 1. The average Bonchev–Trinajstić information content (AvgIpc) is 2.97. The minimum atomic E-state index is -0.245. The van der Waals surface area contributed by atoms with Gasteiger partial charge in [0.1, 0.15) is 6.33 Å². The number of halogens is 1. The van der Waals surface area contributed by atoms with E-state index in [-0.39, 0.29) is 12.3 Å². The maximum Gasteiger partial charge on any atom is 0.235 e. The third kappa shape index (κ3) is 2.52. The van der Waals surface area contributed by atoms with Crippen LogP contribution in [0, 0.1) is 0 Å². The molecule has 1 amide bonds. The predicted molar refractivity (Wildman–Crippen MR) is 74.0 cm³/mol. The smallest absolute Gasteiger partial charge is 0.235 e. The first-order chi connectivity index (χ1) is 9.61. The molecule has 0 bridgehead atoms. The summed E-state index contributed by atoms with van der Waals surface area (Å²) in [5.74, 6) is 0.577. The lowest BCUT2D eigenvalue weighted by Crippen LogP contribution is -2.17. The Morgan fingerprint density at radius 1 is 1.40 bits per heavy atom. The van der Waals surface area contributed by atoms with Gasteiger partial charge in [0, 0.05) is 17.7 Å². The first-order valence-electron chi connectivity index (χ1n) is 5.76. The van der Waals surface area contributed by atoms with Gasteiger partial charge in [0.2, 0.25) is 11.9 Å². The lowest BCUT2D eigenvalue weighted by atomic mass is 10.4. The van der Waals surface area contributed by atoms with Gasteiger partial charge in [-0.1, -0.05) is 0 Å². The number of aromatic nitrogens is 6. The van der Waals surface area contributed by atoms with E-state index in [9.17, 15) is 4.79 Å². The van der Waals surface area contributed by atoms with Gasteiger partial charge in [-0.3, -0.25) is 19.2 Å². The summed E-state index contributed by atoms with van der Waals surface area (Å²) in [6.45, 7) is 0. The summed E-state index contributed by atoms with van der Waals surface area (Å²) in [6.07, 6.45) is 3.42. The van der Waals surface area contributed by atoms with E-state index in [0.29, 0.717) is 17.4 Å². The molecule has 0 saturated carbocycles. The van der Waals surface area contributed by atoms with E-state index < -0.39 is 0 Å². The summed E-state index contributed by atoms with van der Waals surface area (Å²) in [7, 11) is 1.75. The van der Waals surface area contributed by atoms with Gasteiger partial charge in [-0.2, -0.15) is 5.10 Å². The highest BCUT2D eigenvalue weighted by Gasteiger charge is 2.12. The molecule has 0 unspecified atom stereocenters. The van der Waals surface area contributed by atoms with E-state index >= 15 is 0 Å². The van der Waals surface area contributed by atoms with Crippen LogP contribution in [-0.4, -0.2) is 35.3 Å². The summed E-state index contributed by atoms with van der Waals surface area (Å²) in [5, 5.41) is 14.6. The molecule has 0 aliphatic rings. The number of pyridine rings is 1. The Balaban J connectivity index is 1.79. The van der Waals surface area contributed by atoms with E-state index in [2.05, 4.69) is 41.5 Å². The molecule has 3 aromatic heterocycles. The van der Waals surface area contributed by atoms with Crippen LogP contribution in [0.2, 0.25) is 0 Å². The van der Waals surface area contributed by atoms with E-state index in [4.69, 9.17) is 0 Å². The molecule has 0 saturated heterocycles. The lowest BCUT2D eigenvalue weighted by molar-refractivity contribution is -0.115. The zero-order chi connectivity index (χ0) is 14.1. The topological polar surface area (TPSA) is 90.0 Å². The number of anilines is 1. The van der Waals surface area contributed by atoms with Crippen LogP contribution < -0.4 is 5.32 Å². The van der Waals surface area contributed by atoms with Crippen LogP contribution in [0.3, 0.4) is 0 Å². The number of aryl methyl sites for hydroxylation is 1. The Morgan fingerprint density at radius 3 is 3.00 bits per heavy atom. The van der Waals surface area contributed by atoms with Gasteiger partial charge in [-0.25, -0.2) is 4.98 Å². The highest BCUT2D eigenvalue weighted by Crippen LogP contribution is 2.14. The molecule has 0 aromatic carbocycles. The van der Waals surface area contributed by atoms with Crippen molar-refractivity contribution in [2.45, 2.75) is 6.42 Å². The maximum absolute atomic E-state index is 11.9. The Kier molecular flexibility index (Phi) is 3.18. The molecule has 0 spiro atoms. The number of rotatable bonds is 3. The van der Waals surface area contributed by atoms with Crippen LogP contribution in [0.25, 0.3) is 5.65 Å². The molecule has 1 N–H and O–H groups in total. The van der Waals surface area contributed by atoms with Gasteiger partial charge in [0.05, 0.1) is 6.42 Å². The highest BCUT2D eigenvalue weighted by atomic mass is 79.9. The van der Waals surface area contributed by atoms with E-state index in [1.807, 2.05) is 6.07 Å². The van der Waals surface area contributed by atoms with Crippen molar-refractivity contribution in [1.82, 2.24) is 29.4 Å². The van der Waals surface area contributed by atoms with Crippen molar-refractivity contribution in [2.24, 2.45) is 7.05 Å². The number of carbonyl (C=O) groups is 1. The Bertz CT molecular complexity index is 778. The quantitative estimate of drug-likeness (QED) is 0.764. The van der Waals surface area contributed by atoms with E-state index in [1.54, 1.807) is 34.7 Å². The first-order valence-corrected chi connectivity index (χ1v) is 6.56. The second-order valence-electron chi connectivity index (χ2n) is 4.16. The van der Waals surface area contributed by atoms with E-state index in [1.165, 1.54) is 0 Å². The third-order valence-corrected chi connectivity index (χ3v) is 3.05. The van der Waals surface area contributed by atoms with Crippen molar-refractivity contribution in [2.75, 3.05) is 5.32 Å². The SMILES string of the molecule is Cn1cnc(CC(=O)Nc2nnc3ccc(Br)cn23)n1. The number of hydrogen-bond acceptors (Lipinski definition) is 5. The summed E-state index contributed by atoms with van der Waals surface area (Å²) >= 11 is 3.36. The molecule has 8 nitrogen and oxygen atoms in total. The van der Waals surface area contributed by atoms with Gasteiger partial charge >= 0.3 is 0 Å². The number of nitrogens with one attached hydrogen (secondary N) is 1. The number of hydrogen-bond donors (Lipinski definition) is 1. The molecule has 0 aliphatic carbocycles. The zero-order valence-electron chi connectivity index (χ0n) is 10.5. The summed E-state index contributed by atoms with van der Waals surface area (Å²) < 4.78 is 4.10. The Hall–Kier alpha value is -2.29. The molecular weight excluding hydrogens is 326 g/mol. The Morgan fingerprint density at radius 2 is 2.25 bits per heavy atom. The third-order valence-electron chi connectivity index (χ3n) is 2.58. The highest BCUT2D eigenvalue weighted by molar-refractivity contribution is 9.10. The summed E-state index contributed by atoms with van der Waals surface area (Å²) in [4.78, 5) is 15.9.